The molecule has 0 saturated heterocycles. The van der Waals surface area contributed by atoms with Crippen LogP contribution in [-0.2, 0) is 6.61 Å². The van der Waals surface area contributed by atoms with Crippen LogP contribution >= 0.6 is 23.8 Å². The Labute approximate surface area is 184 Å². The molecule has 8 heteroatoms. The average molecular weight is 445 g/mol. The number of ether oxygens (including phenoxy) is 1. The van der Waals surface area contributed by atoms with Crippen LogP contribution in [0.3, 0.4) is 0 Å². The highest BCUT2D eigenvalue weighted by Crippen LogP contribution is 2.31. The van der Waals surface area contributed by atoms with Gasteiger partial charge in [-0.05, 0) is 74.6 Å². The van der Waals surface area contributed by atoms with Crippen molar-refractivity contribution in [3.8, 4) is 17.1 Å². The van der Waals surface area contributed by atoms with Crippen molar-refractivity contribution in [2.24, 2.45) is 0 Å². The summed E-state index contributed by atoms with van der Waals surface area (Å²) in [4.78, 5) is 12.5. The Kier molecular flexibility index (Phi) is 7.10. The van der Waals surface area contributed by atoms with E-state index in [0.29, 0.717) is 39.1 Å². The molecule has 6 nitrogen and oxygen atoms in total. The Morgan fingerprint density at radius 3 is 2.67 bits per heavy atom. The third kappa shape index (κ3) is 5.60. The molecule has 2 aromatic carbocycles. The molecule has 0 atom stereocenters. The maximum Gasteiger partial charge on any atom is 0.257 e. The molecule has 3 aromatic rings. The number of nitrogens with one attached hydrogen (secondary N) is 2. The highest BCUT2D eigenvalue weighted by Gasteiger charge is 2.12. The van der Waals surface area contributed by atoms with Gasteiger partial charge in [0.15, 0.2) is 5.11 Å². The molecule has 30 heavy (non-hydrogen) atoms. The fraction of sp³-hybridized carbons (Fsp3) is 0.182. The topological polar surface area (TPSA) is 83.7 Å². The highest BCUT2D eigenvalue weighted by molar-refractivity contribution is 7.80. The van der Waals surface area contributed by atoms with Crippen molar-refractivity contribution in [2.75, 3.05) is 5.32 Å². The van der Waals surface area contributed by atoms with Gasteiger partial charge < -0.3 is 19.6 Å². The SMILES string of the molecule is CC(C)Oc1cccc(C(=O)NC(=S)Nc2ccc(-c3ccc(CO)o3)c(Cl)c2)c1. The van der Waals surface area contributed by atoms with E-state index < -0.39 is 0 Å². The smallest absolute Gasteiger partial charge is 0.257 e. The van der Waals surface area contributed by atoms with E-state index in [1.165, 1.54) is 0 Å². The van der Waals surface area contributed by atoms with E-state index >= 15 is 0 Å². The molecule has 1 heterocycles. The van der Waals surface area contributed by atoms with Gasteiger partial charge in [0.25, 0.3) is 5.91 Å². The number of aliphatic hydroxyl groups is 1. The number of rotatable bonds is 6. The van der Waals surface area contributed by atoms with Crippen LogP contribution < -0.4 is 15.4 Å². The monoisotopic (exact) mass is 444 g/mol. The van der Waals surface area contributed by atoms with Gasteiger partial charge in [-0.2, -0.15) is 0 Å². The first kappa shape index (κ1) is 21.8. The second-order valence-corrected chi connectivity index (χ2v) is 7.54. The fourth-order valence-electron chi connectivity index (χ4n) is 2.72. The minimum absolute atomic E-state index is 0.00943. The normalized spacial score (nSPS) is 10.7. The Morgan fingerprint density at radius 1 is 1.20 bits per heavy atom. The van der Waals surface area contributed by atoms with Crippen LogP contribution in [0.5, 0.6) is 5.75 Å². The Balaban J connectivity index is 1.64. The summed E-state index contributed by atoms with van der Waals surface area (Å²) >= 11 is 11.6. The van der Waals surface area contributed by atoms with Gasteiger partial charge in [0.1, 0.15) is 23.9 Å². The van der Waals surface area contributed by atoms with E-state index in [2.05, 4.69) is 10.6 Å². The lowest BCUT2D eigenvalue weighted by Crippen LogP contribution is -2.34. The van der Waals surface area contributed by atoms with E-state index in [1.807, 2.05) is 13.8 Å². The first-order valence-corrected chi connectivity index (χ1v) is 10.0. The van der Waals surface area contributed by atoms with Crippen molar-refractivity contribution in [1.29, 1.82) is 0 Å². The number of furan rings is 1. The van der Waals surface area contributed by atoms with Crippen molar-refractivity contribution in [3.05, 3.63) is 70.9 Å². The summed E-state index contributed by atoms with van der Waals surface area (Å²) < 4.78 is 11.1. The van der Waals surface area contributed by atoms with Crippen molar-refractivity contribution in [2.45, 2.75) is 26.6 Å². The lowest BCUT2D eigenvalue weighted by molar-refractivity contribution is 0.0977. The number of hydrogen-bond donors (Lipinski definition) is 3. The summed E-state index contributed by atoms with van der Waals surface area (Å²) in [7, 11) is 0. The molecule has 0 spiro atoms. The Hall–Kier alpha value is -2.87. The van der Waals surface area contributed by atoms with E-state index in [9.17, 15) is 4.79 Å². The number of amides is 1. The zero-order chi connectivity index (χ0) is 21.7. The van der Waals surface area contributed by atoms with Crippen molar-refractivity contribution in [1.82, 2.24) is 5.32 Å². The van der Waals surface area contributed by atoms with Crippen LogP contribution in [0.4, 0.5) is 5.69 Å². The van der Waals surface area contributed by atoms with Gasteiger partial charge in [0, 0.05) is 16.8 Å². The molecular formula is C22H21ClN2O4S. The van der Waals surface area contributed by atoms with Crippen LogP contribution in [0.15, 0.2) is 59.0 Å². The maximum absolute atomic E-state index is 12.5. The number of hydrogen-bond acceptors (Lipinski definition) is 5. The van der Waals surface area contributed by atoms with Gasteiger partial charge in [-0.15, -0.1) is 0 Å². The van der Waals surface area contributed by atoms with Crippen molar-refractivity contribution < 1.29 is 19.1 Å². The molecule has 3 rings (SSSR count). The fourth-order valence-corrected chi connectivity index (χ4v) is 3.20. The predicted octanol–water partition coefficient (Wildman–Crippen LogP) is 5.01. The maximum atomic E-state index is 12.5. The third-order valence-corrected chi connectivity index (χ3v) is 4.52. The Morgan fingerprint density at radius 2 is 2.00 bits per heavy atom. The predicted molar refractivity (Wildman–Crippen MR) is 121 cm³/mol. The van der Waals surface area contributed by atoms with Crippen LogP contribution in [-0.4, -0.2) is 22.2 Å². The van der Waals surface area contributed by atoms with Gasteiger partial charge >= 0.3 is 0 Å². The van der Waals surface area contributed by atoms with Gasteiger partial charge in [0.2, 0.25) is 0 Å². The zero-order valence-electron chi connectivity index (χ0n) is 16.4. The quantitative estimate of drug-likeness (QED) is 0.464. The molecule has 0 aliphatic rings. The molecule has 0 aliphatic heterocycles. The van der Waals surface area contributed by atoms with E-state index in [4.69, 9.17) is 38.1 Å². The molecule has 3 N–H and O–H groups in total. The molecular weight excluding hydrogens is 424 g/mol. The number of halogens is 1. The minimum Gasteiger partial charge on any atom is -0.491 e. The lowest BCUT2D eigenvalue weighted by Gasteiger charge is -2.13. The van der Waals surface area contributed by atoms with Gasteiger partial charge in [-0.25, -0.2) is 0 Å². The molecule has 0 bridgehead atoms. The van der Waals surface area contributed by atoms with Crippen molar-refractivity contribution in [3.63, 3.8) is 0 Å². The summed E-state index contributed by atoms with van der Waals surface area (Å²) in [6.07, 6.45) is 0.00943. The molecule has 1 aromatic heterocycles. The first-order chi connectivity index (χ1) is 14.4. The number of anilines is 1. The van der Waals surface area contributed by atoms with Crippen LogP contribution in [0, 0.1) is 0 Å². The molecule has 0 fully saturated rings. The molecule has 0 unspecified atom stereocenters. The van der Waals surface area contributed by atoms with E-state index in [0.717, 1.165) is 0 Å². The zero-order valence-corrected chi connectivity index (χ0v) is 18.0. The summed E-state index contributed by atoms with van der Waals surface area (Å²) in [5, 5.41) is 15.3. The highest BCUT2D eigenvalue weighted by atomic mass is 35.5. The first-order valence-electron chi connectivity index (χ1n) is 9.24. The number of thiocarbonyl (C=S) groups is 1. The van der Waals surface area contributed by atoms with Gasteiger partial charge in [0.05, 0.1) is 11.1 Å². The van der Waals surface area contributed by atoms with Gasteiger partial charge in [-0.1, -0.05) is 17.7 Å². The number of carbonyl (C=O) groups is 1. The largest absolute Gasteiger partial charge is 0.491 e. The van der Waals surface area contributed by atoms with Crippen molar-refractivity contribution >= 4 is 40.5 Å². The van der Waals surface area contributed by atoms with Crippen LogP contribution in [0.2, 0.25) is 5.02 Å². The lowest BCUT2D eigenvalue weighted by atomic mass is 10.1. The van der Waals surface area contributed by atoms with Crippen LogP contribution in [0.1, 0.15) is 30.0 Å². The van der Waals surface area contributed by atoms with Gasteiger partial charge in [-0.3, -0.25) is 10.1 Å². The third-order valence-electron chi connectivity index (χ3n) is 4.00. The summed E-state index contributed by atoms with van der Waals surface area (Å²) in [5.74, 6) is 1.27. The van der Waals surface area contributed by atoms with Crippen LogP contribution in [0.25, 0.3) is 11.3 Å². The summed E-state index contributed by atoms with van der Waals surface area (Å²) in [5.41, 5.74) is 1.72. The second kappa shape index (κ2) is 9.75. The number of carbonyl (C=O) groups excluding carboxylic acids is 1. The molecule has 1 amide bonds. The van der Waals surface area contributed by atoms with E-state index in [1.54, 1.807) is 54.6 Å². The second-order valence-electron chi connectivity index (χ2n) is 6.72. The summed E-state index contributed by atoms with van der Waals surface area (Å²) in [6.45, 7) is 3.65. The molecule has 0 saturated carbocycles. The standard InChI is InChI=1S/C22H21ClN2O4S/c1-13(2)28-16-5-3-4-14(10-16)21(27)25-22(30)24-15-6-8-18(19(23)11-15)20-9-7-17(12-26)29-20/h3-11,13,26H,12H2,1-2H3,(H2,24,25,27,30). The van der Waals surface area contributed by atoms with E-state index in [-0.39, 0.29) is 23.7 Å². The Bertz CT molecular complexity index is 1060. The number of benzene rings is 2. The molecule has 0 radical (unpaired) electrons. The minimum atomic E-state index is -0.350. The molecule has 0 aliphatic carbocycles. The average Bonchev–Trinajstić information content (AvgIpc) is 3.16. The summed E-state index contributed by atoms with van der Waals surface area (Å²) in [6, 6.07) is 15.5. The molecule has 156 valence electrons. The number of aliphatic hydroxyl groups excluding tert-OH is 1.